The molecule has 134 valence electrons. The second-order valence-electron chi connectivity index (χ2n) is 7.78. The van der Waals surface area contributed by atoms with E-state index in [2.05, 4.69) is 40.4 Å². The Labute approximate surface area is 149 Å². The van der Waals surface area contributed by atoms with Crippen LogP contribution in [0.25, 0.3) is 0 Å². The summed E-state index contributed by atoms with van der Waals surface area (Å²) in [4.78, 5) is 15.3. The molecule has 1 aliphatic carbocycles. The number of hydrogen-bond acceptors (Lipinski definition) is 3. The van der Waals surface area contributed by atoms with E-state index >= 15 is 0 Å². The maximum atomic E-state index is 13.2. The Bertz CT molecular complexity index is 642. The van der Waals surface area contributed by atoms with Crippen molar-refractivity contribution in [3.63, 3.8) is 0 Å². The second kappa shape index (κ2) is 6.98. The summed E-state index contributed by atoms with van der Waals surface area (Å²) in [6.07, 6.45) is 7.62. The van der Waals surface area contributed by atoms with Crippen LogP contribution in [0.2, 0.25) is 0 Å². The minimum atomic E-state index is -0.0926. The fourth-order valence-electron chi connectivity index (χ4n) is 4.58. The third kappa shape index (κ3) is 3.05. The smallest absolute Gasteiger partial charge is 0.228 e. The van der Waals surface area contributed by atoms with Gasteiger partial charge in [0.2, 0.25) is 5.91 Å². The number of piperidine rings is 1. The Morgan fingerprint density at radius 1 is 1.38 bits per heavy atom. The molecule has 0 unspecified atom stereocenters. The van der Waals surface area contributed by atoms with E-state index in [9.17, 15) is 4.79 Å². The van der Waals surface area contributed by atoms with Crippen LogP contribution in [0.3, 0.4) is 0 Å². The highest BCUT2D eigenvalue weighted by Crippen LogP contribution is 2.43. The number of aromatic nitrogens is 3. The highest BCUT2D eigenvalue weighted by Gasteiger charge is 2.43. The van der Waals surface area contributed by atoms with Crippen molar-refractivity contribution < 1.29 is 4.79 Å². The minimum absolute atomic E-state index is 0.0926. The molecule has 1 saturated heterocycles. The van der Waals surface area contributed by atoms with E-state index in [1.165, 1.54) is 12.8 Å². The lowest BCUT2D eigenvalue weighted by molar-refractivity contribution is -0.143. The molecule has 0 bridgehead atoms. The van der Waals surface area contributed by atoms with Crippen LogP contribution in [0, 0.1) is 10.2 Å². The van der Waals surface area contributed by atoms with Gasteiger partial charge in [-0.1, -0.05) is 19.8 Å². The molecule has 6 heteroatoms. The van der Waals surface area contributed by atoms with E-state index in [1.54, 1.807) is 0 Å². The van der Waals surface area contributed by atoms with Crippen molar-refractivity contribution >= 4 is 18.1 Å². The van der Waals surface area contributed by atoms with E-state index < -0.39 is 0 Å². The molecule has 5 nitrogen and oxygen atoms in total. The van der Waals surface area contributed by atoms with E-state index in [1.807, 2.05) is 0 Å². The standard InChI is InChI=1S/C18H30N4OS/c1-4-18(9-5-6-10-18)16(23)21-11-7-8-14(12-21)15-19-20-17(24)22(15)13(2)3/h13-14H,4-12H2,1-3H3,(H,20,24)/t14-/m1/s1. The first-order valence-electron chi connectivity index (χ1n) is 9.44. The summed E-state index contributed by atoms with van der Waals surface area (Å²) >= 11 is 5.39. The number of hydrogen-bond donors (Lipinski definition) is 1. The van der Waals surface area contributed by atoms with Gasteiger partial charge >= 0.3 is 0 Å². The van der Waals surface area contributed by atoms with Crippen LogP contribution in [-0.2, 0) is 4.79 Å². The van der Waals surface area contributed by atoms with Crippen molar-refractivity contribution in [2.75, 3.05) is 13.1 Å². The van der Waals surface area contributed by atoms with Crippen molar-refractivity contribution in [2.24, 2.45) is 5.41 Å². The van der Waals surface area contributed by atoms with Gasteiger partial charge in [-0.25, -0.2) is 0 Å². The van der Waals surface area contributed by atoms with Gasteiger partial charge in [-0.05, 0) is 58.2 Å². The van der Waals surface area contributed by atoms with Crippen LogP contribution in [-0.4, -0.2) is 38.7 Å². The molecule has 0 radical (unpaired) electrons. The van der Waals surface area contributed by atoms with Crippen LogP contribution in [0.4, 0.5) is 0 Å². The molecule has 0 aromatic carbocycles. The molecule has 24 heavy (non-hydrogen) atoms. The third-order valence-electron chi connectivity index (χ3n) is 6.01. The zero-order chi connectivity index (χ0) is 17.3. The van der Waals surface area contributed by atoms with E-state index in [0.717, 1.165) is 51.0 Å². The maximum absolute atomic E-state index is 13.2. The highest BCUT2D eigenvalue weighted by molar-refractivity contribution is 7.71. The van der Waals surface area contributed by atoms with Gasteiger partial charge in [0.15, 0.2) is 4.77 Å². The summed E-state index contributed by atoms with van der Waals surface area (Å²) < 4.78 is 2.79. The number of nitrogens with zero attached hydrogens (tertiary/aromatic N) is 3. The quantitative estimate of drug-likeness (QED) is 0.828. The van der Waals surface area contributed by atoms with Crippen molar-refractivity contribution in [1.82, 2.24) is 19.7 Å². The number of nitrogens with one attached hydrogen (secondary N) is 1. The predicted octanol–water partition coefficient (Wildman–Crippen LogP) is 4.20. The first-order valence-corrected chi connectivity index (χ1v) is 9.85. The van der Waals surface area contributed by atoms with Gasteiger partial charge in [0.1, 0.15) is 5.82 Å². The number of carbonyl (C=O) groups excluding carboxylic acids is 1. The van der Waals surface area contributed by atoms with Gasteiger partial charge in [-0.2, -0.15) is 5.10 Å². The molecule has 2 fully saturated rings. The van der Waals surface area contributed by atoms with Crippen LogP contribution in [0.15, 0.2) is 0 Å². The molecule has 2 heterocycles. The Hall–Kier alpha value is -1.17. The van der Waals surface area contributed by atoms with Crippen LogP contribution < -0.4 is 0 Å². The van der Waals surface area contributed by atoms with Gasteiger partial charge in [0, 0.05) is 30.5 Å². The van der Waals surface area contributed by atoms with Crippen molar-refractivity contribution in [3.8, 4) is 0 Å². The molecule has 1 atom stereocenters. The maximum Gasteiger partial charge on any atom is 0.228 e. The Morgan fingerprint density at radius 3 is 2.71 bits per heavy atom. The summed E-state index contributed by atoms with van der Waals surface area (Å²) in [6.45, 7) is 8.11. The molecule has 3 rings (SSSR count). The molecule has 0 spiro atoms. The van der Waals surface area contributed by atoms with Crippen LogP contribution in [0.1, 0.15) is 83.5 Å². The first-order chi connectivity index (χ1) is 11.5. The molecular weight excluding hydrogens is 320 g/mol. The van der Waals surface area contributed by atoms with Gasteiger partial charge in [0.05, 0.1) is 0 Å². The number of carbonyl (C=O) groups is 1. The van der Waals surface area contributed by atoms with Gasteiger partial charge in [-0.3, -0.25) is 9.89 Å². The second-order valence-corrected chi connectivity index (χ2v) is 8.17. The normalized spacial score (nSPS) is 23.8. The monoisotopic (exact) mass is 350 g/mol. The molecular formula is C18H30N4OS. The highest BCUT2D eigenvalue weighted by atomic mass is 32.1. The summed E-state index contributed by atoms with van der Waals surface area (Å²) in [6, 6.07) is 0.286. The average Bonchev–Trinajstić information content (AvgIpc) is 3.21. The number of likely N-dealkylation sites (tertiary alicyclic amines) is 1. The molecule has 1 aliphatic heterocycles. The van der Waals surface area contributed by atoms with Crippen LogP contribution >= 0.6 is 12.2 Å². The fourth-order valence-corrected chi connectivity index (χ4v) is 4.93. The van der Waals surface area contributed by atoms with Crippen LogP contribution in [0.5, 0.6) is 0 Å². The summed E-state index contributed by atoms with van der Waals surface area (Å²) in [5, 5.41) is 7.44. The number of amides is 1. The number of H-pyrrole nitrogens is 1. The lowest BCUT2D eigenvalue weighted by atomic mass is 9.81. The van der Waals surface area contributed by atoms with Gasteiger partial charge in [0.25, 0.3) is 0 Å². The summed E-state index contributed by atoms with van der Waals surface area (Å²) in [5.41, 5.74) is -0.0926. The number of rotatable bonds is 4. The largest absolute Gasteiger partial charge is 0.341 e. The Kier molecular flexibility index (Phi) is 5.13. The molecule has 1 saturated carbocycles. The summed E-state index contributed by atoms with van der Waals surface area (Å²) in [7, 11) is 0. The average molecular weight is 351 g/mol. The van der Waals surface area contributed by atoms with E-state index in [0.29, 0.717) is 10.7 Å². The van der Waals surface area contributed by atoms with Crippen molar-refractivity contribution in [1.29, 1.82) is 0 Å². The Morgan fingerprint density at radius 2 is 2.08 bits per heavy atom. The van der Waals surface area contributed by atoms with Crippen molar-refractivity contribution in [3.05, 3.63) is 10.6 Å². The zero-order valence-corrected chi connectivity index (χ0v) is 16.0. The Balaban J connectivity index is 1.80. The lowest BCUT2D eigenvalue weighted by Gasteiger charge is -2.38. The molecule has 1 N–H and O–H groups in total. The third-order valence-corrected chi connectivity index (χ3v) is 6.30. The van der Waals surface area contributed by atoms with Crippen molar-refractivity contribution in [2.45, 2.75) is 77.7 Å². The fraction of sp³-hybridized carbons (Fsp3) is 0.833. The minimum Gasteiger partial charge on any atom is -0.341 e. The topological polar surface area (TPSA) is 53.9 Å². The SMILES string of the molecule is CCC1(C(=O)N2CCC[C@@H](c3n[nH]c(=S)n3C(C)C)C2)CCCC1. The van der Waals surface area contributed by atoms with Gasteiger partial charge < -0.3 is 9.47 Å². The molecule has 1 aromatic rings. The molecule has 2 aliphatic rings. The predicted molar refractivity (Wildman–Crippen MR) is 97.5 cm³/mol. The first kappa shape index (κ1) is 17.6. The van der Waals surface area contributed by atoms with E-state index in [-0.39, 0.29) is 17.4 Å². The van der Waals surface area contributed by atoms with Gasteiger partial charge in [-0.15, -0.1) is 0 Å². The summed E-state index contributed by atoms with van der Waals surface area (Å²) in [5.74, 6) is 1.69. The molecule has 1 amide bonds. The number of aromatic amines is 1. The zero-order valence-electron chi connectivity index (χ0n) is 15.2. The molecule has 1 aromatic heterocycles. The lowest BCUT2D eigenvalue weighted by Crippen LogP contribution is -2.47. The van der Waals surface area contributed by atoms with E-state index in [4.69, 9.17) is 12.2 Å².